The van der Waals surface area contributed by atoms with Crippen molar-refractivity contribution in [3.05, 3.63) is 0 Å². The summed E-state index contributed by atoms with van der Waals surface area (Å²) in [6.45, 7) is 16.5. The Balaban J connectivity index is 2.68. The van der Waals surface area contributed by atoms with Crippen LogP contribution in [0.3, 0.4) is 0 Å². The number of nitrogens with zero attached hydrogens (tertiary/aromatic N) is 1. The second kappa shape index (κ2) is 6.75. The summed E-state index contributed by atoms with van der Waals surface area (Å²) in [7, 11) is 0. The van der Waals surface area contributed by atoms with E-state index >= 15 is 0 Å². The summed E-state index contributed by atoms with van der Waals surface area (Å²) in [6, 6.07) is 2.12. The van der Waals surface area contributed by atoms with Crippen LogP contribution in [0.15, 0.2) is 0 Å². The molecule has 0 aromatic heterocycles. The van der Waals surface area contributed by atoms with Crippen molar-refractivity contribution in [2.75, 3.05) is 13.1 Å². The number of piperazine rings is 1. The van der Waals surface area contributed by atoms with E-state index in [2.05, 4.69) is 51.8 Å². The molecule has 4 atom stereocenters. The predicted octanol–water partition coefficient (Wildman–Crippen LogP) is 3.13. The fourth-order valence-electron chi connectivity index (χ4n) is 2.77. The van der Waals surface area contributed by atoms with Crippen LogP contribution in [-0.2, 0) is 0 Å². The lowest BCUT2D eigenvalue weighted by Crippen LogP contribution is -2.61. The van der Waals surface area contributed by atoms with Gasteiger partial charge in [0.1, 0.15) is 0 Å². The van der Waals surface area contributed by atoms with E-state index in [1.54, 1.807) is 0 Å². The molecular formula is C15H32N2. The van der Waals surface area contributed by atoms with Crippen LogP contribution in [0.25, 0.3) is 0 Å². The maximum absolute atomic E-state index is 3.75. The first kappa shape index (κ1) is 15.0. The first-order valence-corrected chi connectivity index (χ1v) is 7.50. The zero-order chi connectivity index (χ0) is 13.0. The molecular weight excluding hydrogens is 208 g/mol. The number of hydrogen-bond donors (Lipinski definition) is 1. The molecule has 1 fully saturated rings. The van der Waals surface area contributed by atoms with Crippen molar-refractivity contribution in [2.45, 2.75) is 72.5 Å². The average molecular weight is 240 g/mol. The Morgan fingerprint density at radius 1 is 1.18 bits per heavy atom. The van der Waals surface area contributed by atoms with Crippen molar-refractivity contribution in [3.8, 4) is 0 Å². The second-order valence-corrected chi connectivity index (χ2v) is 6.14. The minimum absolute atomic E-state index is 0.684. The highest BCUT2D eigenvalue weighted by Gasteiger charge is 2.32. The molecule has 1 saturated heterocycles. The average Bonchev–Trinajstić information content (AvgIpc) is 2.35. The third-order valence-corrected chi connectivity index (χ3v) is 4.78. The Labute approximate surface area is 108 Å². The lowest BCUT2D eigenvalue weighted by molar-refractivity contribution is 0.0523. The fourth-order valence-corrected chi connectivity index (χ4v) is 2.77. The predicted molar refractivity (Wildman–Crippen MR) is 76.3 cm³/mol. The SMILES string of the molecule is CCC(C)C1CN(C(C)C(C)C)C(CC)CN1. The molecule has 1 aliphatic heterocycles. The summed E-state index contributed by atoms with van der Waals surface area (Å²) in [4.78, 5) is 2.75. The summed E-state index contributed by atoms with van der Waals surface area (Å²) in [5, 5.41) is 3.75. The largest absolute Gasteiger partial charge is 0.311 e. The molecule has 1 N–H and O–H groups in total. The summed E-state index contributed by atoms with van der Waals surface area (Å²) < 4.78 is 0. The highest BCUT2D eigenvalue weighted by atomic mass is 15.3. The summed E-state index contributed by atoms with van der Waals surface area (Å²) in [5.74, 6) is 1.54. The van der Waals surface area contributed by atoms with Gasteiger partial charge < -0.3 is 5.32 Å². The van der Waals surface area contributed by atoms with E-state index in [1.165, 1.54) is 25.9 Å². The summed E-state index contributed by atoms with van der Waals surface area (Å²) >= 11 is 0. The van der Waals surface area contributed by atoms with Crippen LogP contribution in [0.4, 0.5) is 0 Å². The van der Waals surface area contributed by atoms with Crippen LogP contribution in [-0.4, -0.2) is 36.1 Å². The van der Waals surface area contributed by atoms with E-state index in [0.717, 1.165) is 17.9 Å². The molecule has 0 bridgehead atoms. The third kappa shape index (κ3) is 3.69. The van der Waals surface area contributed by atoms with Gasteiger partial charge in [-0.25, -0.2) is 0 Å². The molecule has 1 rings (SSSR count). The molecule has 0 spiro atoms. The van der Waals surface area contributed by atoms with E-state index in [1.807, 2.05) is 0 Å². The number of hydrogen-bond acceptors (Lipinski definition) is 2. The molecule has 2 heteroatoms. The van der Waals surface area contributed by atoms with Gasteiger partial charge in [0.2, 0.25) is 0 Å². The Morgan fingerprint density at radius 3 is 2.29 bits per heavy atom. The minimum atomic E-state index is 0.684. The molecule has 2 nitrogen and oxygen atoms in total. The van der Waals surface area contributed by atoms with Gasteiger partial charge in [0.05, 0.1) is 0 Å². The van der Waals surface area contributed by atoms with Gasteiger partial charge in [-0.1, -0.05) is 41.0 Å². The van der Waals surface area contributed by atoms with Gasteiger partial charge in [-0.15, -0.1) is 0 Å². The maximum atomic E-state index is 3.75. The maximum Gasteiger partial charge on any atom is 0.0221 e. The highest BCUT2D eigenvalue weighted by Crippen LogP contribution is 2.22. The molecule has 0 radical (unpaired) electrons. The smallest absolute Gasteiger partial charge is 0.0221 e. The van der Waals surface area contributed by atoms with Gasteiger partial charge >= 0.3 is 0 Å². The molecule has 0 amide bonds. The topological polar surface area (TPSA) is 15.3 Å². The van der Waals surface area contributed by atoms with Gasteiger partial charge in [0.25, 0.3) is 0 Å². The lowest BCUT2D eigenvalue weighted by atomic mass is 9.92. The fraction of sp³-hybridized carbons (Fsp3) is 1.00. The lowest BCUT2D eigenvalue weighted by Gasteiger charge is -2.46. The minimum Gasteiger partial charge on any atom is -0.311 e. The standard InChI is InChI=1S/C15H32N2/c1-7-12(5)15-10-17(13(6)11(3)4)14(8-2)9-16-15/h11-16H,7-10H2,1-6H3. The van der Waals surface area contributed by atoms with Crippen LogP contribution in [0.2, 0.25) is 0 Å². The van der Waals surface area contributed by atoms with E-state index < -0.39 is 0 Å². The molecule has 0 saturated carbocycles. The molecule has 1 heterocycles. The van der Waals surface area contributed by atoms with Gasteiger partial charge in [-0.3, -0.25) is 4.90 Å². The van der Waals surface area contributed by atoms with E-state index in [0.29, 0.717) is 12.1 Å². The highest BCUT2D eigenvalue weighted by molar-refractivity contribution is 4.90. The Bertz CT molecular complexity index is 213. The second-order valence-electron chi connectivity index (χ2n) is 6.14. The van der Waals surface area contributed by atoms with E-state index in [9.17, 15) is 0 Å². The van der Waals surface area contributed by atoms with Gasteiger partial charge in [-0.05, 0) is 25.2 Å². The van der Waals surface area contributed by atoms with Crippen molar-refractivity contribution in [1.82, 2.24) is 10.2 Å². The normalized spacial score (nSPS) is 30.5. The van der Waals surface area contributed by atoms with Crippen LogP contribution in [0, 0.1) is 11.8 Å². The van der Waals surface area contributed by atoms with E-state index in [-0.39, 0.29) is 0 Å². The molecule has 17 heavy (non-hydrogen) atoms. The van der Waals surface area contributed by atoms with Crippen LogP contribution in [0.1, 0.15) is 54.4 Å². The monoisotopic (exact) mass is 240 g/mol. The molecule has 0 aromatic rings. The molecule has 0 aromatic carbocycles. The van der Waals surface area contributed by atoms with Crippen LogP contribution < -0.4 is 5.32 Å². The number of rotatable bonds is 5. The van der Waals surface area contributed by atoms with Crippen molar-refractivity contribution >= 4 is 0 Å². The van der Waals surface area contributed by atoms with E-state index in [4.69, 9.17) is 0 Å². The van der Waals surface area contributed by atoms with Crippen molar-refractivity contribution < 1.29 is 0 Å². The molecule has 4 unspecified atom stereocenters. The number of nitrogens with one attached hydrogen (secondary N) is 1. The van der Waals surface area contributed by atoms with Crippen molar-refractivity contribution in [3.63, 3.8) is 0 Å². The molecule has 102 valence electrons. The quantitative estimate of drug-likeness (QED) is 0.794. The molecule has 1 aliphatic rings. The summed E-state index contributed by atoms with van der Waals surface area (Å²) in [6.07, 6.45) is 2.54. The van der Waals surface area contributed by atoms with Crippen LogP contribution >= 0.6 is 0 Å². The van der Waals surface area contributed by atoms with Gasteiger partial charge in [0.15, 0.2) is 0 Å². The first-order valence-electron chi connectivity index (χ1n) is 7.50. The van der Waals surface area contributed by atoms with Gasteiger partial charge in [-0.2, -0.15) is 0 Å². The van der Waals surface area contributed by atoms with Crippen molar-refractivity contribution in [2.24, 2.45) is 11.8 Å². The molecule has 0 aliphatic carbocycles. The van der Waals surface area contributed by atoms with Crippen molar-refractivity contribution in [1.29, 1.82) is 0 Å². The summed E-state index contributed by atoms with van der Waals surface area (Å²) in [5.41, 5.74) is 0. The Kier molecular flexibility index (Phi) is 5.94. The third-order valence-electron chi connectivity index (χ3n) is 4.78. The first-order chi connectivity index (χ1) is 8.01. The zero-order valence-corrected chi connectivity index (χ0v) is 12.7. The Hall–Kier alpha value is -0.0800. The van der Waals surface area contributed by atoms with Crippen LogP contribution in [0.5, 0.6) is 0 Å². The van der Waals surface area contributed by atoms with Gasteiger partial charge in [0, 0.05) is 31.2 Å². The zero-order valence-electron chi connectivity index (χ0n) is 12.7. The Morgan fingerprint density at radius 2 is 1.82 bits per heavy atom.